The van der Waals surface area contributed by atoms with Crippen LogP contribution in [0.5, 0.6) is 0 Å². The summed E-state index contributed by atoms with van der Waals surface area (Å²) in [6, 6.07) is 0.0787. The van der Waals surface area contributed by atoms with Crippen molar-refractivity contribution in [3.8, 4) is 0 Å². The normalized spacial score (nSPS) is 12.3. The standard InChI is InChI=1S/C6H10N2S.ClH/c1-4(7)6-3-9-5(2)8-6;/h3-4H,7H2,1-2H3;1H/t4-;/m1./s1. The summed E-state index contributed by atoms with van der Waals surface area (Å²) in [6.07, 6.45) is 0. The Bertz CT molecular complexity index is 197. The minimum atomic E-state index is 0. The molecule has 0 saturated heterocycles. The van der Waals surface area contributed by atoms with Gasteiger partial charge in [0, 0.05) is 11.4 Å². The summed E-state index contributed by atoms with van der Waals surface area (Å²) in [4.78, 5) is 4.20. The van der Waals surface area contributed by atoms with E-state index in [1.807, 2.05) is 19.2 Å². The number of hydrogen-bond acceptors (Lipinski definition) is 3. The first kappa shape index (κ1) is 9.88. The Hall–Kier alpha value is -0.120. The second kappa shape index (κ2) is 3.91. The fourth-order valence-electron chi connectivity index (χ4n) is 0.589. The zero-order valence-corrected chi connectivity index (χ0v) is 7.63. The summed E-state index contributed by atoms with van der Waals surface area (Å²) < 4.78 is 0. The number of halogens is 1. The number of thiazole rings is 1. The van der Waals surface area contributed by atoms with Gasteiger partial charge in [-0.2, -0.15) is 0 Å². The molecule has 58 valence electrons. The number of hydrogen-bond donors (Lipinski definition) is 1. The summed E-state index contributed by atoms with van der Waals surface area (Å²) in [5.74, 6) is 0. The molecule has 10 heavy (non-hydrogen) atoms. The topological polar surface area (TPSA) is 38.9 Å². The van der Waals surface area contributed by atoms with Crippen molar-refractivity contribution in [3.05, 3.63) is 16.1 Å². The second-order valence-corrected chi connectivity index (χ2v) is 3.14. The van der Waals surface area contributed by atoms with Crippen molar-refractivity contribution in [2.24, 2.45) is 5.73 Å². The first-order valence-corrected chi connectivity index (χ1v) is 3.75. The van der Waals surface area contributed by atoms with Crippen LogP contribution in [0.4, 0.5) is 0 Å². The molecule has 1 heterocycles. The fraction of sp³-hybridized carbons (Fsp3) is 0.500. The minimum Gasteiger partial charge on any atom is -0.323 e. The molecular weight excluding hydrogens is 168 g/mol. The van der Waals surface area contributed by atoms with E-state index in [1.165, 1.54) is 0 Å². The van der Waals surface area contributed by atoms with Gasteiger partial charge in [0.2, 0.25) is 0 Å². The van der Waals surface area contributed by atoms with Gasteiger partial charge < -0.3 is 5.73 Å². The van der Waals surface area contributed by atoms with Gasteiger partial charge in [-0.15, -0.1) is 23.7 Å². The van der Waals surface area contributed by atoms with Gasteiger partial charge in [-0.3, -0.25) is 0 Å². The summed E-state index contributed by atoms with van der Waals surface area (Å²) in [5, 5.41) is 3.09. The molecule has 2 N–H and O–H groups in total. The lowest BCUT2D eigenvalue weighted by Crippen LogP contribution is -2.04. The quantitative estimate of drug-likeness (QED) is 0.714. The Labute approximate surface area is 70.9 Å². The molecule has 0 unspecified atom stereocenters. The highest BCUT2D eigenvalue weighted by atomic mass is 35.5. The third kappa shape index (κ3) is 2.25. The Morgan fingerprint density at radius 1 is 1.70 bits per heavy atom. The van der Waals surface area contributed by atoms with E-state index < -0.39 is 0 Å². The second-order valence-electron chi connectivity index (χ2n) is 2.08. The lowest BCUT2D eigenvalue weighted by Gasteiger charge is -1.95. The van der Waals surface area contributed by atoms with E-state index in [9.17, 15) is 0 Å². The van der Waals surface area contributed by atoms with Gasteiger partial charge in [0.05, 0.1) is 10.7 Å². The molecule has 1 rings (SSSR count). The molecule has 0 spiro atoms. The van der Waals surface area contributed by atoms with Gasteiger partial charge in [0.25, 0.3) is 0 Å². The largest absolute Gasteiger partial charge is 0.323 e. The number of nitrogens with two attached hydrogens (primary N) is 1. The van der Waals surface area contributed by atoms with Crippen LogP contribution in [0.25, 0.3) is 0 Å². The van der Waals surface area contributed by atoms with Crippen molar-refractivity contribution in [1.29, 1.82) is 0 Å². The summed E-state index contributed by atoms with van der Waals surface area (Å²) >= 11 is 1.64. The van der Waals surface area contributed by atoms with E-state index in [1.54, 1.807) is 11.3 Å². The molecule has 0 amide bonds. The third-order valence-electron chi connectivity index (χ3n) is 1.10. The van der Waals surface area contributed by atoms with Gasteiger partial charge in [0.1, 0.15) is 0 Å². The summed E-state index contributed by atoms with van der Waals surface area (Å²) in [7, 11) is 0. The van der Waals surface area contributed by atoms with Crippen LogP contribution in [-0.4, -0.2) is 4.98 Å². The van der Waals surface area contributed by atoms with Crippen molar-refractivity contribution in [2.45, 2.75) is 19.9 Å². The van der Waals surface area contributed by atoms with Gasteiger partial charge in [-0.1, -0.05) is 0 Å². The van der Waals surface area contributed by atoms with Gasteiger partial charge in [0.15, 0.2) is 0 Å². The smallest absolute Gasteiger partial charge is 0.0898 e. The molecule has 0 aliphatic carbocycles. The zero-order valence-electron chi connectivity index (χ0n) is 6.00. The zero-order chi connectivity index (χ0) is 6.85. The van der Waals surface area contributed by atoms with Crippen LogP contribution in [-0.2, 0) is 0 Å². The average molecular weight is 179 g/mol. The molecule has 0 aromatic carbocycles. The van der Waals surface area contributed by atoms with E-state index in [2.05, 4.69) is 4.98 Å². The van der Waals surface area contributed by atoms with Gasteiger partial charge >= 0.3 is 0 Å². The Morgan fingerprint density at radius 2 is 2.30 bits per heavy atom. The van der Waals surface area contributed by atoms with Gasteiger partial charge in [-0.05, 0) is 13.8 Å². The molecule has 0 aliphatic heterocycles. The molecule has 0 fully saturated rings. The van der Waals surface area contributed by atoms with Gasteiger partial charge in [-0.25, -0.2) is 4.98 Å². The first-order chi connectivity index (χ1) is 4.20. The van der Waals surface area contributed by atoms with Crippen LogP contribution in [0.15, 0.2) is 5.38 Å². The first-order valence-electron chi connectivity index (χ1n) is 2.88. The highest BCUT2D eigenvalue weighted by Crippen LogP contribution is 2.12. The number of rotatable bonds is 1. The van der Waals surface area contributed by atoms with Crippen molar-refractivity contribution in [2.75, 3.05) is 0 Å². The molecule has 4 heteroatoms. The van der Waals surface area contributed by atoms with Crippen LogP contribution in [0, 0.1) is 6.92 Å². The third-order valence-corrected chi connectivity index (χ3v) is 1.90. The maximum absolute atomic E-state index is 5.57. The SMILES string of the molecule is Cc1nc([C@@H](C)N)cs1.Cl. The van der Waals surface area contributed by atoms with E-state index in [4.69, 9.17) is 5.73 Å². The lowest BCUT2D eigenvalue weighted by atomic mass is 10.3. The molecule has 1 aromatic heterocycles. The molecular formula is C6H11ClN2S. The van der Waals surface area contributed by atoms with Crippen molar-refractivity contribution in [1.82, 2.24) is 4.98 Å². The Morgan fingerprint density at radius 3 is 2.50 bits per heavy atom. The number of aryl methyl sites for hydroxylation is 1. The Kier molecular flexibility index (Phi) is 3.86. The van der Waals surface area contributed by atoms with Crippen molar-refractivity contribution >= 4 is 23.7 Å². The minimum absolute atomic E-state index is 0. The molecule has 0 saturated carbocycles. The van der Waals surface area contributed by atoms with Crippen molar-refractivity contribution < 1.29 is 0 Å². The molecule has 1 aromatic rings. The van der Waals surface area contributed by atoms with E-state index >= 15 is 0 Å². The maximum Gasteiger partial charge on any atom is 0.0898 e. The number of aromatic nitrogens is 1. The van der Waals surface area contributed by atoms with E-state index in [-0.39, 0.29) is 18.4 Å². The van der Waals surface area contributed by atoms with E-state index in [0.29, 0.717) is 0 Å². The summed E-state index contributed by atoms with van der Waals surface area (Å²) in [5.41, 5.74) is 6.57. The average Bonchev–Trinajstić information content (AvgIpc) is 2.14. The van der Waals surface area contributed by atoms with Crippen LogP contribution >= 0.6 is 23.7 Å². The van der Waals surface area contributed by atoms with Crippen LogP contribution < -0.4 is 5.73 Å². The number of nitrogens with zero attached hydrogens (tertiary/aromatic N) is 1. The van der Waals surface area contributed by atoms with Crippen LogP contribution in [0.1, 0.15) is 23.7 Å². The predicted octanol–water partition coefficient (Wildman–Crippen LogP) is 1.89. The van der Waals surface area contributed by atoms with Crippen molar-refractivity contribution in [3.63, 3.8) is 0 Å². The molecule has 0 radical (unpaired) electrons. The van der Waals surface area contributed by atoms with Crippen LogP contribution in [0.3, 0.4) is 0 Å². The predicted molar refractivity (Wildman–Crippen MR) is 46.7 cm³/mol. The molecule has 2 nitrogen and oxygen atoms in total. The van der Waals surface area contributed by atoms with E-state index in [0.717, 1.165) is 10.7 Å². The highest BCUT2D eigenvalue weighted by Gasteiger charge is 2.01. The summed E-state index contributed by atoms with van der Waals surface area (Å²) in [6.45, 7) is 3.92. The molecule has 0 aliphatic rings. The Balaban J connectivity index is 0.000000810. The molecule has 0 bridgehead atoms. The highest BCUT2D eigenvalue weighted by molar-refractivity contribution is 7.09. The van der Waals surface area contributed by atoms with Crippen LogP contribution in [0.2, 0.25) is 0 Å². The monoisotopic (exact) mass is 178 g/mol. The lowest BCUT2D eigenvalue weighted by molar-refractivity contribution is 0.786. The maximum atomic E-state index is 5.57. The molecule has 1 atom stereocenters. The fourth-order valence-corrected chi connectivity index (χ4v) is 1.31.